The number of anilines is 1. The molecule has 0 atom stereocenters. The lowest BCUT2D eigenvalue weighted by Gasteiger charge is -2.11. The van der Waals surface area contributed by atoms with Gasteiger partial charge in [-0.2, -0.15) is 5.26 Å². The van der Waals surface area contributed by atoms with Gasteiger partial charge in [-0.15, -0.1) is 11.3 Å². The SMILES string of the molecule is COc1cc(/C=C(\C#N)c2nc(-c3cccc([N+](=O)[O-])c3)cs2)ccc1OCC(=O)Nc1ccccc1. The molecule has 0 saturated heterocycles. The molecule has 4 aromatic rings. The molecular weight excluding hydrogens is 492 g/mol. The lowest BCUT2D eigenvalue weighted by molar-refractivity contribution is -0.384. The predicted octanol–water partition coefficient (Wildman–Crippen LogP) is 5.81. The summed E-state index contributed by atoms with van der Waals surface area (Å²) in [5.74, 6) is 0.464. The summed E-state index contributed by atoms with van der Waals surface area (Å²) in [6, 6.07) is 22.5. The lowest BCUT2D eigenvalue weighted by Crippen LogP contribution is -2.20. The van der Waals surface area contributed by atoms with Gasteiger partial charge in [0, 0.05) is 28.8 Å². The molecule has 0 aliphatic carbocycles. The fraction of sp³-hybridized carbons (Fsp3) is 0.0741. The van der Waals surface area contributed by atoms with Gasteiger partial charge in [0.15, 0.2) is 18.1 Å². The van der Waals surface area contributed by atoms with Gasteiger partial charge in [0.25, 0.3) is 11.6 Å². The zero-order valence-electron chi connectivity index (χ0n) is 19.6. The highest BCUT2D eigenvalue weighted by atomic mass is 32.1. The number of non-ortho nitro benzene ring substituents is 1. The Morgan fingerprint density at radius 3 is 2.68 bits per heavy atom. The molecule has 3 aromatic carbocycles. The fourth-order valence-electron chi connectivity index (χ4n) is 3.37. The number of ether oxygens (including phenoxy) is 2. The number of hydrogen-bond donors (Lipinski definition) is 1. The zero-order valence-corrected chi connectivity index (χ0v) is 20.4. The number of nitrogens with zero attached hydrogens (tertiary/aromatic N) is 3. The molecule has 1 N–H and O–H groups in total. The quantitative estimate of drug-likeness (QED) is 0.170. The van der Waals surface area contributed by atoms with Crippen LogP contribution in [0.5, 0.6) is 11.5 Å². The molecule has 0 spiro atoms. The molecule has 0 saturated carbocycles. The summed E-state index contributed by atoms with van der Waals surface area (Å²) in [6.07, 6.45) is 1.66. The molecule has 37 heavy (non-hydrogen) atoms. The number of aromatic nitrogens is 1. The number of para-hydroxylation sites is 1. The van der Waals surface area contributed by atoms with Crippen molar-refractivity contribution in [3.05, 3.63) is 98.9 Å². The van der Waals surface area contributed by atoms with Gasteiger partial charge in [0.1, 0.15) is 11.1 Å². The van der Waals surface area contributed by atoms with E-state index in [4.69, 9.17) is 9.47 Å². The summed E-state index contributed by atoms with van der Waals surface area (Å²) in [5.41, 5.74) is 2.76. The minimum Gasteiger partial charge on any atom is -0.493 e. The Hall–Kier alpha value is -5.01. The zero-order chi connectivity index (χ0) is 26.2. The number of nitriles is 1. The second-order valence-electron chi connectivity index (χ2n) is 7.63. The normalized spacial score (nSPS) is 10.9. The number of carbonyl (C=O) groups excluding carboxylic acids is 1. The number of nitro benzene ring substituents is 1. The number of carbonyl (C=O) groups is 1. The van der Waals surface area contributed by atoms with E-state index in [1.807, 2.05) is 18.2 Å². The van der Waals surface area contributed by atoms with Gasteiger partial charge in [0.05, 0.1) is 23.3 Å². The molecular formula is C27H20N4O5S. The van der Waals surface area contributed by atoms with Gasteiger partial charge in [-0.3, -0.25) is 14.9 Å². The Kier molecular flexibility index (Phi) is 7.88. The molecule has 0 fully saturated rings. The summed E-state index contributed by atoms with van der Waals surface area (Å²) < 4.78 is 11.0. The fourth-order valence-corrected chi connectivity index (χ4v) is 4.17. The third-order valence-corrected chi connectivity index (χ3v) is 6.00. The largest absolute Gasteiger partial charge is 0.493 e. The van der Waals surface area contributed by atoms with E-state index >= 15 is 0 Å². The van der Waals surface area contributed by atoms with Crippen LogP contribution in [0, 0.1) is 21.4 Å². The Morgan fingerprint density at radius 1 is 1.14 bits per heavy atom. The number of amides is 1. The highest BCUT2D eigenvalue weighted by molar-refractivity contribution is 7.11. The van der Waals surface area contributed by atoms with Crippen LogP contribution in [0.2, 0.25) is 0 Å². The lowest BCUT2D eigenvalue weighted by atomic mass is 10.1. The molecule has 1 amide bonds. The number of nitro groups is 1. The predicted molar refractivity (Wildman–Crippen MR) is 141 cm³/mol. The van der Waals surface area contributed by atoms with Crippen LogP contribution in [0.1, 0.15) is 10.6 Å². The van der Waals surface area contributed by atoms with E-state index in [-0.39, 0.29) is 18.2 Å². The highest BCUT2D eigenvalue weighted by Crippen LogP contribution is 2.32. The standard InChI is InChI=1S/C27H20N4O5S/c1-35-25-13-18(10-11-24(25)36-16-26(32)29-21-7-3-2-4-8-21)12-20(15-28)27-30-23(17-37-27)19-6-5-9-22(14-19)31(33)34/h2-14,17H,16H2,1H3,(H,29,32)/b20-12+. The van der Waals surface area contributed by atoms with Crippen LogP contribution >= 0.6 is 11.3 Å². The Morgan fingerprint density at radius 2 is 1.95 bits per heavy atom. The van der Waals surface area contributed by atoms with E-state index in [2.05, 4.69) is 16.4 Å². The van der Waals surface area contributed by atoms with Crippen LogP contribution in [0.4, 0.5) is 11.4 Å². The number of benzene rings is 3. The maximum atomic E-state index is 12.2. The van der Waals surface area contributed by atoms with Crippen molar-refractivity contribution < 1.29 is 19.2 Å². The van der Waals surface area contributed by atoms with E-state index in [0.29, 0.717) is 44.6 Å². The number of nitrogens with one attached hydrogen (secondary N) is 1. The first kappa shape index (κ1) is 25.1. The van der Waals surface area contributed by atoms with Gasteiger partial charge in [0.2, 0.25) is 0 Å². The molecule has 0 aliphatic rings. The summed E-state index contributed by atoms with van der Waals surface area (Å²) in [7, 11) is 1.48. The molecule has 184 valence electrons. The van der Waals surface area contributed by atoms with Crippen molar-refractivity contribution in [2.45, 2.75) is 0 Å². The molecule has 4 rings (SSSR count). The van der Waals surface area contributed by atoms with Crippen LogP contribution in [0.15, 0.2) is 78.2 Å². The van der Waals surface area contributed by atoms with Crippen LogP contribution in [-0.2, 0) is 4.79 Å². The first-order chi connectivity index (χ1) is 18.0. The van der Waals surface area contributed by atoms with E-state index in [1.165, 1.54) is 30.6 Å². The van der Waals surface area contributed by atoms with Crippen LogP contribution in [-0.4, -0.2) is 29.5 Å². The Bertz CT molecular complexity index is 1510. The van der Waals surface area contributed by atoms with Gasteiger partial charge in [-0.1, -0.05) is 36.4 Å². The third-order valence-electron chi connectivity index (χ3n) is 5.12. The summed E-state index contributed by atoms with van der Waals surface area (Å²) in [6.45, 7) is -0.205. The molecule has 1 aromatic heterocycles. The summed E-state index contributed by atoms with van der Waals surface area (Å²) in [5, 5.41) is 25.8. The third kappa shape index (κ3) is 6.36. The maximum Gasteiger partial charge on any atom is 0.270 e. The molecule has 1 heterocycles. The molecule has 0 radical (unpaired) electrons. The number of rotatable bonds is 9. The van der Waals surface area contributed by atoms with Crippen molar-refractivity contribution in [2.75, 3.05) is 19.0 Å². The average Bonchev–Trinajstić information content (AvgIpc) is 3.41. The second kappa shape index (κ2) is 11.6. The van der Waals surface area contributed by atoms with Crippen molar-refractivity contribution in [3.63, 3.8) is 0 Å². The maximum absolute atomic E-state index is 12.2. The first-order valence-corrected chi connectivity index (χ1v) is 11.8. The van der Waals surface area contributed by atoms with E-state index < -0.39 is 4.92 Å². The van der Waals surface area contributed by atoms with Gasteiger partial charge < -0.3 is 14.8 Å². The van der Waals surface area contributed by atoms with E-state index in [0.717, 1.165) is 0 Å². The number of methoxy groups -OCH3 is 1. The molecule has 0 bridgehead atoms. The smallest absolute Gasteiger partial charge is 0.270 e. The minimum absolute atomic E-state index is 0.0324. The van der Waals surface area contributed by atoms with E-state index in [9.17, 15) is 20.2 Å². The Balaban J connectivity index is 1.49. The van der Waals surface area contributed by atoms with Crippen molar-refractivity contribution in [3.8, 4) is 28.8 Å². The number of thiazole rings is 1. The van der Waals surface area contributed by atoms with Crippen molar-refractivity contribution in [1.82, 2.24) is 4.98 Å². The van der Waals surface area contributed by atoms with Crippen LogP contribution in [0.3, 0.4) is 0 Å². The summed E-state index contributed by atoms with van der Waals surface area (Å²) >= 11 is 1.26. The minimum atomic E-state index is -0.464. The van der Waals surface area contributed by atoms with Gasteiger partial charge in [-0.05, 0) is 35.9 Å². The Labute approximate surface area is 216 Å². The molecule has 10 heteroatoms. The molecule has 0 unspecified atom stereocenters. The van der Waals surface area contributed by atoms with Gasteiger partial charge in [-0.25, -0.2) is 4.98 Å². The monoisotopic (exact) mass is 512 g/mol. The average molecular weight is 513 g/mol. The first-order valence-electron chi connectivity index (χ1n) is 10.9. The van der Waals surface area contributed by atoms with Crippen LogP contribution in [0.25, 0.3) is 22.9 Å². The van der Waals surface area contributed by atoms with Crippen molar-refractivity contribution in [2.24, 2.45) is 0 Å². The topological polar surface area (TPSA) is 127 Å². The highest BCUT2D eigenvalue weighted by Gasteiger charge is 2.13. The van der Waals surface area contributed by atoms with Crippen molar-refractivity contribution in [1.29, 1.82) is 5.26 Å². The summed E-state index contributed by atoms with van der Waals surface area (Å²) in [4.78, 5) is 27.3. The second-order valence-corrected chi connectivity index (χ2v) is 8.49. The molecule has 0 aliphatic heterocycles. The number of hydrogen-bond acceptors (Lipinski definition) is 8. The van der Waals surface area contributed by atoms with E-state index in [1.54, 1.807) is 53.9 Å². The number of allylic oxidation sites excluding steroid dienone is 1. The van der Waals surface area contributed by atoms with Crippen molar-refractivity contribution >= 4 is 40.3 Å². The van der Waals surface area contributed by atoms with Gasteiger partial charge >= 0.3 is 0 Å². The van der Waals surface area contributed by atoms with Crippen LogP contribution < -0.4 is 14.8 Å². The molecule has 9 nitrogen and oxygen atoms in total.